The molecule has 1 aromatic rings. The van der Waals surface area contributed by atoms with E-state index in [9.17, 15) is 4.79 Å². The Balaban J connectivity index is 2.52. The minimum absolute atomic E-state index is 0.252. The van der Waals surface area contributed by atoms with Crippen molar-refractivity contribution in [2.75, 3.05) is 7.11 Å². The summed E-state index contributed by atoms with van der Waals surface area (Å²) in [6.07, 6.45) is 5.24. The zero-order valence-electron chi connectivity index (χ0n) is 7.62. The maximum atomic E-state index is 11.3. The fraction of sp³-hybridized carbons (Fsp3) is 0.300. The Hall–Kier alpha value is -0.610. The molecule has 14 heavy (non-hydrogen) atoms. The summed E-state index contributed by atoms with van der Waals surface area (Å²) in [6, 6.07) is 1.89. The van der Waals surface area contributed by atoms with Crippen LogP contribution in [0.4, 0.5) is 0 Å². The summed E-state index contributed by atoms with van der Waals surface area (Å²) in [5, 5.41) is 1.14. The second kappa shape index (κ2) is 3.87. The number of ether oxygens (including phenoxy) is 1. The minimum Gasteiger partial charge on any atom is -0.465 e. The lowest BCUT2D eigenvalue weighted by Crippen LogP contribution is -2.23. The van der Waals surface area contributed by atoms with E-state index in [1.807, 2.05) is 6.07 Å². The maximum absolute atomic E-state index is 11.3. The van der Waals surface area contributed by atoms with Gasteiger partial charge in [-0.05, 0) is 17.7 Å². The monoisotopic (exact) mass is 272 g/mol. The third-order valence-corrected chi connectivity index (χ3v) is 3.81. The highest BCUT2D eigenvalue weighted by Gasteiger charge is 2.11. The van der Waals surface area contributed by atoms with Gasteiger partial charge in [0.15, 0.2) is 0 Å². The van der Waals surface area contributed by atoms with E-state index in [4.69, 9.17) is 0 Å². The largest absolute Gasteiger partial charge is 0.465 e. The van der Waals surface area contributed by atoms with Crippen LogP contribution in [0.5, 0.6) is 0 Å². The molecule has 0 N–H and O–H groups in total. The van der Waals surface area contributed by atoms with E-state index in [1.165, 1.54) is 18.4 Å². The van der Waals surface area contributed by atoms with Gasteiger partial charge in [-0.25, -0.2) is 4.79 Å². The molecule has 1 aliphatic rings. The number of carbonyl (C=O) groups excluding carboxylic acids is 1. The van der Waals surface area contributed by atoms with E-state index in [-0.39, 0.29) is 5.97 Å². The lowest BCUT2D eigenvalue weighted by molar-refractivity contribution is 0.0606. The van der Waals surface area contributed by atoms with Crippen LogP contribution in [-0.4, -0.2) is 17.9 Å². The summed E-state index contributed by atoms with van der Waals surface area (Å²) in [5.74, 6) is -0.252. The summed E-state index contributed by atoms with van der Waals surface area (Å²) >= 11 is 5.01. The van der Waals surface area contributed by atoms with Gasteiger partial charge in [-0.1, -0.05) is 28.1 Å². The van der Waals surface area contributed by atoms with Crippen LogP contribution < -0.4 is 9.75 Å². The number of hydrogen-bond acceptors (Lipinski definition) is 3. The fourth-order valence-corrected chi connectivity index (χ4v) is 3.09. The molecule has 0 spiro atoms. The summed E-state index contributed by atoms with van der Waals surface area (Å²) in [5.41, 5.74) is 0. The number of thiophene rings is 1. The van der Waals surface area contributed by atoms with Gasteiger partial charge in [0.05, 0.1) is 7.11 Å². The first kappa shape index (κ1) is 9.93. The van der Waals surface area contributed by atoms with Crippen LogP contribution in [0.2, 0.25) is 0 Å². The zero-order valence-corrected chi connectivity index (χ0v) is 10.0. The lowest BCUT2D eigenvalue weighted by Gasteiger charge is -2.01. The summed E-state index contributed by atoms with van der Waals surface area (Å²) in [7, 11) is 1.40. The van der Waals surface area contributed by atoms with Crippen molar-refractivity contribution >= 4 is 45.4 Å². The van der Waals surface area contributed by atoms with Gasteiger partial charge >= 0.3 is 5.97 Å². The van der Waals surface area contributed by atoms with E-state index < -0.39 is 0 Å². The van der Waals surface area contributed by atoms with Crippen molar-refractivity contribution in [3.05, 3.63) is 20.7 Å². The van der Waals surface area contributed by atoms with E-state index >= 15 is 0 Å². The SMILES string of the molecule is COC(=O)c1cc2c(s1)=CC(Br)CC=2. The molecule has 0 aromatic carbocycles. The highest BCUT2D eigenvalue weighted by Crippen LogP contribution is 2.11. The van der Waals surface area contributed by atoms with Crippen LogP contribution in [0.3, 0.4) is 0 Å². The molecular formula is C10H9BrO2S. The Kier molecular flexibility index (Phi) is 2.74. The van der Waals surface area contributed by atoms with Crippen molar-refractivity contribution < 1.29 is 9.53 Å². The molecule has 0 aliphatic heterocycles. The second-order valence-corrected chi connectivity index (χ2v) is 5.30. The second-order valence-electron chi connectivity index (χ2n) is 3.04. The van der Waals surface area contributed by atoms with Crippen molar-refractivity contribution in [3.8, 4) is 0 Å². The molecule has 2 nitrogen and oxygen atoms in total. The Morgan fingerprint density at radius 1 is 1.71 bits per heavy atom. The normalized spacial score (nSPS) is 19.1. The van der Waals surface area contributed by atoms with E-state index in [0.29, 0.717) is 9.70 Å². The third kappa shape index (κ3) is 1.77. The molecule has 0 saturated carbocycles. The smallest absolute Gasteiger partial charge is 0.348 e. The third-order valence-electron chi connectivity index (χ3n) is 2.07. The standard InChI is InChI=1S/C10H9BrO2S/c1-13-10(12)9-4-6-2-3-7(11)5-8(6)14-9/h2,4-5,7H,3H2,1H3. The molecule has 1 aromatic heterocycles. The van der Waals surface area contributed by atoms with E-state index in [2.05, 4.69) is 32.8 Å². The van der Waals surface area contributed by atoms with Gasteiger partial charge in [0.25, 0.3) is 0 Å². The lowest BCUT2D eigenvalue weighted by atomic mass is 10.2. The van der Waals surface area contributed by atoms with Gasteiger partial charge in [0.2, 0.25) is 0 Å². The van der Waals surface area contributed by atoms with Gasteiger partial charge in [0, 0.05) is 9.36 Å². The molecule has 4 heteroatoms. The average molecular weight is 273 g/mol. The first-order chi connectivity index (χ1) is 6.70. The van der Waals surface area contributed by atoms with Crippen LogP contribution in [0.25, 0.3) is 12.2 Å². The number of hydrogen-bond donors (Lipinski definition) is 0. The molecule has 0 radical (unpaired) electrons. The zero-order chi connectivity index (χ0) is 10.1. The summed E-state index contributed by atoms with van der Waals surface area (Å²) < 4.78 is 5.82. The highest BCUT2D eigenvalue weighted by atomic mass is 79.9. The predicted octanol–water partition coefficient (Wildman–Crippen LogP) is 1.26. The number of methoxy groups -OCH3 is 1. The van der Waals surface area contributed by atoms with Crippen LogP contribution in [0.1, 0.15) is 16.1 Å². The molecule has 0 amide bonds. The maximum Gasteiger partial charge on any atom is 0.348 e. The number of fused-ring (bicyclic) bond motifs is 1. The van der Waals surface area contributed by atoms with Crippen molar-refractivity contribution in [3.63, 3.8) is 0 Å². The minimum atomic E-state index is -0.252. The molecule has 1 heterocycles. The van der Waals surface area contributed by atoms with Crippen molar-refractivity contribution in [2.45, 2.75) is 11.2 Å². The van der Waals surface area contributed by atoms with Crippen molar-refractivity contribution in [2.24, 2.45) is 0 Å². The van der Waals surface area contributed by atoms with Crippen LogP contribution in [0, 0.1) is 0 Å². The quantitative estimate of drug-likeness (QED) is 0.569. The molecule has 1 aliphatic carbocycles. The van der Waals surface area contributed by atoms with Crippen LogP contribution in [-0.2, 0) is 4.74 Å². The molecule has 1 unspecified atom stereocenters. The van der Waals surface area contributed by atoms with Gasteiger partial charge in [0.1, 0.15) is 4.88 Å². The van der Waals surface area contributed by atoms with E-state index in [0.717, 1.165) is 16.2 Å². The average Bonchev–Trinajstić information content (AvgIpc) is 2.59. The number of halogens is 1. The Labute approximate surface area is 94.0 Å². The molecule has 0 saturated heterocycles. The molecule has 74 valence electrons. The molecule has 2 rings (SSSR count). The van der Waals surface area contributed by atoms with Crippen molar-refractivity contribution in [1.82, 2.24) is 0 Å². The Morgan fingerprint density at radius 2 is 2.50 bits per heavy atom. The summed E-state index contributed by atoms with van der Waals surface area (Å²) in [4.78, 5) is 12.3. The molecular weight excluding hydrogens is 264 g/mol. The topological polar surface area (TPSA) is 26.3 Å². The van der Waals surface area contributed by atoms with Gasteiger partial charge in [-0.2, -0.15) is 0 Å². The Bertz CT molecular complexity index is 475. The van der Waals surface area contributed by atoms with Gasteiger partial charge < -0.3 is 4.74 Å². The number of alkyl halides is 1. The van der Waals surface area contributed by atoms with Gasteiger partial charge in [-0.15, -0.1) is 11.3 Å². The van der Waals surface area contributed by atoms with Crippen LogP contribution in [0.15, 0.2) is 6.07 Å². The van der Waals surface area contributed by atoms with Crippen molar-refractivity contribution in [1.29, 1.82) is 0 Å². The fourth-order valence-electron chi connectivity index (χ4n) is 1.38. The Morgan fingerprint density at radius 3 is 3.21 bits per heavy atom. The molecule has 0 fully saturated rings. The van der Waals surface area contributed by atoms with Gasteiger partial charge in [-0.3, -0.25) is 0 Å². The number of carbonyl (C=O) groups is 1. The number of rotatable bonds is 1. The first-order valence-electron chi connectivity index (χ1n) is 4.25. The van der Waals surface area contributed by atoms with E-state index in [1.54, 1.807) is 0 Å². The molecule has 0 bridgehead atoms. The van der Waals surface area contributed by atoms with Crippen LogP contribution >= 0.6 is 27.3 Å². The predicted molar refractivity (Wildman–Crippen MR) is 61.2 cm³/mol. The summed E-state index contributed by atoms with van der Waals surface area (Å²) in [6.45, 7) is 0. The molecule has 1 atom stereocenters. The number of esters is 1. The first-order valence-corrected chi connectivity index (χ1v) is 5.98. The highest BCUT2D eigenvalue weighted by molar-refractivity contribution is 9.09.